The maximum Gasteiger partial charge on any atom is 0.159 e. The maximum absolute atomic E-state index is 13.2. The van der Waals surface area contributed by atoms with Crippen LogP contribution in [-0.4, -0.2) is 34.7 Å². The van der Waals surface area contributed by atoms with Gasteiger partial charge in [0, 0.05) is 12.6 Å². The van der Waals surface area contributed by atoms with Gasteiger partial charge in [0.15, 0.2) is 11.6 Å². The molecule has 2 fully saturated rings. The number of piperidine rings is 1. The highest BCUT2D eigenvalue weighted by atomic mass is 19.2. The Balaban J connectivity index is 1.62. The minimum atomic E-state index is -0.795. The van der Waals surface area contributed by atoms with Crippen LogP contribution in [0, 0.1) is 11.6 Å². The lowest BCUT2D eigenvalue weighted by molar-refractivity contribution is 0.00863. The molecule has 1 aliphatic carbocycles. The zero-order valence-electron chi connectivity index (χ0n) is 11.6. The van der Waals surface area contributed by atoms with Crippen molar-refractivity contribution in [3.8, 4) is 0 Å². The fraction of sp³-hybridized carbons (Fsp3) is 0.625. The van der Waals surface area contributed by atoms with E-state index in [1.165, 1.54) is 18.6 Å². The van der Waals surface area contributed by atoms with Gasteiger partial charge in [-0.1, -0.05) is 12.5 Å². The van der Waals surface area contributed by atoms with Gasteiger partial charge in [0.05, 0.1) is 5.60 Å². The van der Waals surface area contributed by atoms with Crippen molar-refractivity contribution >= 4 is 0 Å². The van der Waals surface area contributed by atoms with Crippen LogP contribution in [0.5, 0.6) is 0 Å². The van der Waals surface area contributed by atoms with Crippen LogP contribution in [0.3, 0.4) is 0 Å². The summed E-state index contributed by atoms with van der Waals surface area (Å²) in [6, 6.07) is 4.36. The van der Waals surface area contributed by atoms with Gasteiger partial charge in [-0.05, 0) is 56.3 Å². The van der Waals surface area contributed by atoms with Crippen LogP contribution < -0.4 is 0 Å². The summed E-state index contributed by atoms with van der Waals surface area (Å²) in [6.45, 7) is 1.80. The van der Waals surface area contributed by atoms with Crippen molar-refractivity contribution in [3.05, 3.63) is 35.4 Å². The van der Waals surface area contributed by atoms with Gasteiger partial charge >= 0.3 is 0 Å². The summed E-state index contributed by atoms with van der Waals surface area (Å²) in [6.07, 6.45) is 5.88. The largest absolute Gasteiger partial charge is 0.388 e. The molecule has 1 saturated heterocycles. The Labute approximate surface area is 118 Å². The van der Waals surface area contributed by atoms with E-state index < -0.39 is 17.2 Å². The minimum absolute atomic E-state index is 0.251. The Morgan fingerprint density at radius 2 is 2.00 bits per heavy atom. The highest BCUT2D eigenvalue weighted by Gasteiger charge is 2.50. The van der Waals surface area contributed by atoms with Gasteiger partial charge in [-0.15, -0.1) is 0 Å². The summed E-state index contributed by atoms with van der Waals surface area (Å²) in [5.74, 6) is -1.57. The van der Waals surface area contributed by atoms with Crippen molar-refractivity contribution in [3.63, 3.8) is 0 Å². The van der Waals surface area contributed by atoms with Crippen molar-refractivity contribution < 1.29 is 13.9 Å². The summed E-state index contributed by atoms with van der Waals surface area (Å²) in [4.78, 5) is 2.33. The molecule has 1 atom stereocenters. The summed E-state index contributed by atoms with van der Waals surface area (Å²) < 4.78 is 26.1. The molecule has 110 valence electrons. The van der Waals surface area contributed by atoms with Gasteiger partial charge in [-0.25, -0.2) is 8.78 Å². The quantitative estimate of drug-likeness (QED) is 0.917. The number of nitrogens with zero attached hydrogens (tertiary/aromatic N) is 1. The first kappa shape index (κ1) is 14.0. The second kappa shape index (κ2) is 5.41. The molecule has 20 heavy (non-hydrogen) atoms. The zero-order valence-corrected chi connectivity index (χ0v) is 11.6. The topological polar surface area (TPSA) is 23.5 Å². The first-order chi connectivity index (χ1) is 9.58. The van der Waals surface area contributed by atoms with Crippen LogP contribution in [0.2, 0.25) is 0 Å². The molecule has 1 aliphatic heterocycles. The van der Waals surface area contributed by atoms with Gasteiger partial charge in [-0.3, -0.25) is 4.90 Å². The molecule has 3 rings (SSSR count). The van der Waals surface area contributed by atoms with Crippen molar-refractivity contribution in [1.82, 2.24) is 4.90 Å². The third-order valence-corrected chi connectivity index (χ3v) is 4.67. The number of rotatable bonds is 4. The monoisotopic (exact) mass is 281 g/mol. The maximum atomic E-state index is 13.2. The molecule has 1 saturated carbocycles. The van der Waals surface area contributed by atoms with E-state index in [0.29, 0.717) is 6.42 Å². The van der Waals surface area contributed by atoms with Crippen LogP contribution in [0.4, 0.5) is 8.78 Å². The van der Waals surface area contributed by atoms with Crippen LogP contribution in [0.15, 0.2) is 18.2 Å². The SMILES string of the molecule is OC1(C2CCCCN2CCc2ccc(F)c(F)c2)CC1. The third-order valence-electron chi connectivity index (χ3n) is 4.67. The van der Waals surface area contributed by atoms with Crippen LogP contribution in [0.25, 0.3) is 0 Å². The number of halogens is 2. The molecule has 4 heteroatoms. The summed E-state index contributed by atoms with van der Waals surface area (Å²) in [5.41, 5.74) is 0.338. The summed E-state index contributed by atoms with van der Waals surface area (Å²) >= 11 is 0. The lowest BCUT2D eigenvalue weighted by Crippen LogP contribution is -2.48. The first-order valence-corrected chi connectivity index (χ1v) is 7.49. The molecule has 0 aromatic heterocycles. The van der Waals surface area contributed by atoms with Crippen LogP contribution in [-0.2, 0) is 6.42 Å². The fourth-order valence-electron chi connectivity index (χ4n) is 3.30. The molecule has 0 bridgehead atoms. The van der Waals surface area contributed by atoms with Crippen molar-refractivity contribution in [2.45, 2.75) is 50.2 Å². The molecular formula is C16H21F2NO. The predicted octanol–water partition coefficient (Wildman–Crippen LogP) is 2.89. The van der Waals surface area contributed by atoms with Gasteiger partial charge in [0.25, 0.3) is 0 Å². The number of hydrogen-bond donors (Lipinski definition) is 1. The molecule has 0 radical (unpaired) electrons. The smallest absolute Gasteiger partial charge is 0.159 e. The Kier molecular flexibility index (Phi) is 3.78. The molecule has 1 unspecified atom stereocenters. The Morgan fingerprint density at radius 3 is 2.70 bits per heavy atom. The van der Waals surface area contributed by atoms with E-state index in [0.717, 1.165) is 44.3 Å². The van der Waals surface area contributed by atoms with Crippen molar-refractivity contribution in [1.29, 1.82) is 0 Å². The molecule has 0 amide bonds. The van der Waals surface area contributed by atoms with E-state index in [9.17, 15) is 13.9 Å². The van der Waals surface area contributed by atoms with E-state index in [2.05, 4.69) is 4.90 Å². The molecular weight excluding hydrogens is 260 g/mol. The zero-order chi connectivity index (χ0) is 14.2. The van der Waals surface area contributed by atoms with Gasteiger partial charge in [0.2, 0.25) is 0 Å². The Bertz CT molecular complexity index is 487. The van der Waals surface area contributed by atoms with E-state index >= 15 is 0 Å². The lowest BCUT2D eigenvalue weighted by Gasteiger charge is -2.39. The van der Waals surface area contributed by atoms with Crippen molar-refractivity contribution in [2.24, 2.45) is 0 Å². The Hall–Kier alpha value is -1.00. The second-order valence-electron chi connectivity index (χ2n) is 6.15. The minimum Gasteiger partial charge on any atom is -0.388 e. The van der Waals surface area contributed by atoms with E-state index in [-0.39, 0.29) is 6.04 Å². The number of aliphatic hydroxyl groups is 1. The number of benzene rings is 1. The standard InChI is InChI=1S/C16H21F2NO/c17-13-5-4-12(11-14(13)18)6-10-19-9-2-1-3-15(19)16(20)7-8-16/h4-5,11,15,20H,1-3,6-10H2. The van der Waals surface area contributed by atoms with Gasteiger partial charge in [-0.2, -0.15) is 0 Å². The third kappa shape index (κ3) is 2.86. The van der Waals surface area contributed by atoms with Gasteiger partial charge in [0.1, 0.15) is 0 Å². The number of hydrogen-bond acceptors (Lipinski definition) is 2. The normalized spacial score (nSPS) is 25.6. The molecule has 1 aromatic rings. The fourth-order valence-corrected chi connectivity index (χ4v) is 3.30. The molecule has 1 aromatic carbocycles. The molecule has 1 N–H and O–H groups in total. The van der Waals surface area contributed by atoms with Crippen LogP contribution in [0.1, 0.15) is 37.7 Å². The average Bonchev–Trinajstić information content (AvgIpc) is 3.20. The van der Waals surface area contributed by atoms with Crippen molar-refractivity contribution in [2.75, 3.05) is 13.1 Å². The lowest BCUT2D eigenvalue weighted by atomic mass is 9.95. The first-order valence-electron chi connectivity index (χ1n) is 7.49. The summed E-state index contributed by atoms with van der Waals surface area (Å²) in [7, 11) is 0. The molecule has 2 aliphatic rings. The van der Waals surface area contributed by atoms with Crippen LogP contribution >= 0.6 is 0 Å². The van der Waals surface area contributed by atoms with E-state index in [1.54, 1.807) is 6.07 Å². The summed E-state index contributed by atoms with van der Waals surface area (Å²) in [5, 5.41) is 10.4. The molecule has 1 heterocycles. The predicted molar refractivity (Wildman–Crippen MR) is 73.5 cm³/mol. The van der Waals surface area contributed by atoms with Gasteiger partial charge < -0.3 is 5.11 Å². The Morgan fingerprint density at radius 1 is 1.20 bits per heavy atom. The van der Waals surface area contributed by atoms with E-state index in [1.807, 2.05) is 0 Å². The highest BCUT2D eigenvalue weighted by Crippen LogP contribution is 2.43. The molecule has 0 spiro atoms. The number of likely N-dealkylation sites (tertiary alicyclic amines) is 1. The highest BCUT2D eigenvalue weighted by molar-refractivity contribution is 5.18. The average molecular weight is 281 g/mol. The second-order valence-corrected chi connectivity index (χ2v) is 6.15. The molecule has 2 nitrogen and oxygen atoms in total. The van der Waals surface area contributed by atoms with E-state index in [4.69, 9.17) is 0 Å².